The summed E-state index contributed by atoms with van der Waals surface area (Å²) in [5.74, 6) is -1.69. The lowest BCUT2D eigenvalue weighted by atomic mass is 9.96. The average molecular weight is 534 g/mol. The molecule has 0 saturated carbocycles. The number of hydrogen-bond acceptors (Lipinski definition) is 6. The van der Waals surface area contributed by atoms with Gasteiger partial charge in [0.25, 0.3) is 5.91 Å². The van der Waals surface area contributed by atoms with E-state index in [1.54, 1.807) is 55.5 Å². The molecular weight excluding hydrogens is 504 g/mol. The Kier molecular flexibility index (Phi) is 7.81. The molecule has 39 heavy (non-hydrogen) atoms. The normalized spacial score (nSPS) is 18.7. The first-order valence-electron chi connectivity index (χ1n) is 13.0. The van der Waals surface area contributed by atoms with Gasteiger partial charge in [-0.15, -0.1) is 0 Å². The predicted molar refractivity (Wildman–Crippen MR) is 141 cm³/mol. The summed E-state index contributed by atoms with van der Waals surface area (Å²) in [6.07, 6.45) is 0.0812. The number of ether oxygens (including phenoxy) is 1. The van der Waals surface area contributed by atoms with Gasteiger partial charge in [-0.05, 0) is 66.6 Å². The molecule has 0 N–H and O–H groups in total. The van der Waals surface area contributed by atoms with Crippen molar-refractivity contribution in [3.63, 3.8) is 0 Å². The summed E-state index contributed by atoms with van der Waals surface area (Å²) in [6.45, 7) is 4.29. The first-order chi connectivity index (χ1) is 18.9. The van der Waals surface area contributed by atoms with E-state index in [4.69, 9.17) is 4.74 Å². The number of esters is 1. The van der Waals surface area contributed by atoms with Crippen LogP contribution in [-0.2, 0) is 14.3 Å². The lowest BCUT2D eigenvalue weighted by Crippen LogP contribution is -2.53. The second-order valence-electron chi connectivity index (χ2n) is 9.63. The number of anilines is 1. The van der Waals surface area contributed by atoms with Crippen LogP contribution in [0.2, 0.25) is 0 Å². The van der Waals surface area contributed by atoms with Crippen molar-refractivity contribution in [3.05, 3.63) is 101 Å². The maximum atomic E-state index is 13.6. The topological polar surface area (TPSA) is 70.2 Å². The summed E-state index contributed by atoms with van der Waals surface area (Å²) in [4.78, 5) is 43.6. The van der Waals surface area contributed by atoms with Crippen LogP contribution in [0.15, 0.2) is 72.8 Å². The first-order valence-corrected chi connectivity index (χ1v) is 13.0. The Labute approximate surface area is 225 Å². The lowest BCUT2D eigenvalue weighted by molar-refractivity contribution is -0.123. The minimum absolute atomic E-state index is 0.0812. The summed E-state index contributed by atoms with van der Waals surface area (Å²) in [5, 5.41) is 0. The lowest BCUT2D eigenvalue weighted by Gasteiger charge is -2.41. The molecule has 0 spiro atoms. The monoisotopic (exact) mass is 533 g/mol. The van der Waals surface area contributed by atoms with Crippen LogP contribution < -0.4 is 4.90 Å². The van der Waals surface area contributed by atoms with Crippen LogP contribution >= 0.6 is 0 Å². The molecule has 202 valence electrons. The molecule has 2 fully saturated rings. The van der Waals surface area contributed by atoms with Gasteiger partial charge in [0, 0.05) is 26.2 Å². The molecule has 0 radical (unpaired) electrons. The van der Waals surface area contributed by atoms with Crippen molar-refractivity contribution in [2.45, 2.75) is 25.4 Å². The van der Waals surface area contributed by atoms with Crippen LogP contribution in [0.25, 0.3) is 0 Å². The van der Waals surface area contributed by atoms with Gasteiger partial charge in [-0.1, -0.05) is 24.3 Å². The third-order valence-corrected chi connectivity index (χ3v) is 7.29. The second kappa shape index (κ2) is 11.4. The van der Waals surface area contributed by atoms with Crippen molar-refractivity contribution in [3.8, 4) is 0 Å². The van der Waals surface area contributed by atoms with Gasteiger partial charge >= 0.3 is 5.97 Å². The van der Waals surface area contributed by atoms with Gasteiger partial charge in [0.15, 0.2) is 0 Å². The highest BCUT2D eigenvalue weighted by molar-refractivity contribution is 6.22. The molecular formula is C30H29F2N3O4. The molecule has 3 aromatic rings. The third-order valence-electron chi connectivity index (χ3n) is 7.29. The third kappa shape index (κ3) is 5.60. The van der Waals surface area contributed by atoms with Crippen LogP contribution in [0.1, 0.15) is 40.9 Å². The summed E-state index contributed by atoms with van der Waals surface area (Å²) in [7, 11) is 0. The number of benzene rings is 3. The van der Waals surface area contributed by atoms with E-state index in [1.807, 2.05) is 4.90 Å². The molecule has 0 aliphatic carbocycles. The number of carbonyl (C=O) groups is 3. The van der Waals surface area contributed by atoms with E-state index in [-0.39, 0.29) is 42.5 Å². The van der Waals surface area contributed by atoms with Crippen molar-refractivity contribution in [1.29, 1.82) is 0 Å². The molecule has 3 aromatic carbocycles. The minimum atomic E-state index is -0.570. The summed E-state index contributed by atoms with van der Waals surface area (Å²) >= 11 is 0. The second-order valence-corrected chi connectivity index (χ2v) is 9.63. The van der Waals surface area contributed by atoms with Crippen molar-refractivity contribution in [2.75, 3.05) is 37.7 Å². The van der Waals surface area contributed by atoms with Crippen molar-refractivity contribution in [1.82, 2.24) is 9.80 Å². The average Bonchev–Trinajstić information content (AvgIpc) is 3.25. The molecule has 9 heteroatoms. The number of piperazine rings is 1. The molecule has 2 saturated heterocycles. The Bertz CT molecular complexity index is 1290. The van der Waals surface area contributed by atoms with Crippen molar-refractivity contribution >= 4 is 23.5 Å². The minimum Gasteiger partial charge on any atom is -0.462 e. The summed E-state index contributed by atoms with van der Waals surface area (Å²) < 4.78 is 32.2. The molecule has 2 aliphatic heterocycles. The Balaban J connectivity index is 1.28. The van der Waals surface area contributed by atoms with Crippen LogP contribution in [0.4, 0.5) is 14.5 Å². The molecule has 2 heterocycles. The van der Waals surface area contributed by atoms with Crippen LogP contribution in [-0.4, -0.2) is 66.4 Å². The molecule has 0 bridgehead atoms. The largest absolute Gasteiger partial charge is 0.462 e. The van der Waals surface area contributed by atoms with E-state index < -0.39 is 12.0 Å². The highest BCUT2D eigenvalue weighted by atomic mass is 19.1. The zero-order valence-electron chi connectivity index (χ0n) is 21.6. The molecule has 2 amide bonds. The maximum absolute atomic E-state index is 13.6. The molecule has 5 rings (SSSR count). The Morgan fingerprint density at radius 1 is 0.846 bits per heavy atom. The van der Waals surface area contributed by atoms with Gasteiger partial charge in [-0.25, -0.2) is 18.5 Å². The van der Waals surface area contributed by atoms with E-state index >= 15 is 0 Å². The Morgan fingerprint density at radius 3 is 1.90 bits per heavy atom. The van der Waals surface area contributed by atoms with E-state index in [0.29, 0.717) is 37.4 Å². The number of amides is 2. The highest BCUT2D eigenvalue weighted by Gasteiger charge is 2.43. The molecule has 1 atom stereocenters. The van der Waals surface area contributed by atoms with Crippen LogP contribution in [0.3, 0.4) is 0 Å². The van der Waals surface area contributed by atoms with Crippen LogP contribution in [0, 0.1) is 11.6 Å². The fourth-order valence-electron chi connectivity index (χ4n) is 5.34. The number of halogens is 2. The first kappa shape index (κ1) is 26.6. The van der Waals surface area contributed by atoms with Gasteiger partial charge in [0.1, 0.15) is 11.6 Å². The number of imide groups is 1. The smallest absolute Gasteiger partial charge is 0.338 e. The van der Waals surface area contributed by atoms with E-state index in [1.165, 1.54) is 29.2 Å². The molecule has 2 aliphatic rings. The number of carbonyl (C=O) groups excluding carboxylic acids is 3. The fraction of sp³-hybridized carbons (Fsp3) is 0.300. The van der Waals surface area contributed by atoms with E-state index in [0.717, 1.165) is 11.1 Å². The fourth-order valence-corrected chi connectivity index (χ4v) is 5.34. The predicted octanol–water partition coefficient (Wildman–Crippen LogP) is 4.18. The van der Waals surface area contributed by atoms with Gasteiger partial charge in [-0.3, -0.25) is 19.4 Å². The van der Waals surface area contributed by atoms with Gasteiger partial charge in [-0.2, -0.15) is 0 Å². The number of hydrogen-bond donors (Lipinski definition) is 0. The van der Waals surface area contributed by atoms with Crippen molar-refractivity contribution in [2.24, 2.45) is 0 Å². The van der Waals surface area contributed by atoms with Gasteiger partial charge in [0.05, 0.1) is 36.4 Å². The summed E-state index contributed by atoms with van der Waals surface area (Å²) in [5.41, 5.74) is 2.55. The van der Waals surface area contributed by atoms with Gasteiger partial charge < -0.3 is 4.74 Å². The van der Waals surface area contributed by atoms with E-state index in [9.17, 15) is 23.2 Å². The number of rotatable bonds is 7. The molecule has 1 unspecified atom stereocenters. The quantitative estimate of drug-likeness (QED) is 0.335. The van der Waals surface area contributed by atoms with E-state index in [2.05, 4.69) is 4.90 Å². The maximum Gasteiger partial charge on any atom is 0.338 e. The van der Waals surface area contributed by atoms with Gasteiger partial charge in [0.2, 0.25) is 5.91 Å². The molecule has 7 nitrogen and oxygen atoms in total. The Morgan fingerprint density at radius 2 is 1.38 bits per heavy atom. The summed E-state index contributed by atoms with van der Waals surface area (Å²) in [6, 6.07) is 18.1. The standard InChI is InChI=1S/C30H29F2N3O4/c1-2-39-30(38)22-7-13-25(14-8-22)35-27(36)19-26(29(35)37)33-15-17-34(18-16-33)28(20-3-9-23(31)10-4-20)21-5-11-24(32)12-6-21/h3-14,26,28H,2,15-19H2,1H3. The Hall–Kier alpha value is -3.95. The zero-order valence-corrected chi connectivity index (χ0v) is 21.6. The molecule has 0 aromatic heterocycles. The zero-order chi connectivity index (χ0) is 27.5. The van der Waals surface area contributed by atoms with Crippen LogP contribution in [0.5, 0.6) is 0 Å². The highest BCUT2D eigenvalue weighted by Crippen LogP contribution is 2.32. The van der Waals surface area contributed by atoms with Crippen molar-refractivity contribution < 1.29 is 27.9 Å². The SMILES string of the molecule is CCOC(=O)c1ccc(N2C(=O)CC(N3CCN(C(c4ccc(F)cc4)c4ccc(F)cc4)CC3)C2=O)cc1. The number of nitrogens with zero attached hydrogens (tertiary/aromatic N) is 3.